The first-order valence-electron chi connectivity index (χ1n) is 8.50. The largest absolute Gasteiger partial charge is 0.383 e. The number of amides is 1. The fourth-order valence-corrected chi connectivity index (χ4v) is 3.84. The highest BCUT2D eigenvalue weighted by Gasteiger charge is 2.24. The highest BCUT2D eigenvalue weighted by Crippen LogP contribution is 2.27. The average Bonchev–Trinajstić information content (AvgIpc) is 3.35. The van der Waals surface area contributed by atoms with Crippen LogP contribution >= 0.6 is 11.3 Å². The third-order valence-electron chi connectivity index (χ3n) is 4.51. The molecule has 3 aromatic heterocycles. The van der Waals surface area contributed by atoms with E-state index in [9.17, 15) is 4.79 Å². The molecule has 0 N–H and O–H groups in total. The highest BCUT2D eigenvalue weighted by atomic mass is 32.1. The molecule has 0 atom stereocenters. The maximum absolute atomic E-state index is 12.7. The van der Waals surface area contributed by atoms with Gasteiger partial charge in [-0.15, -0.1) is 11.3 Å². The van der Waals surface area contributed by atoms with Crippen molar-refractivity contribution in [3.05, 3.63) is 35.7 Å². The van der Waals surface area contributed by atoms with Crippen molar-refractivity contribution in [2.75, 3.05) is 44.8 Å². The lowest BCUT2D eigenvalue weighted by atomic mass is 10.2. The van der Waals surface area contributed by atoms with E-state index in [-0.39, 0.29) is 5.91 Å². The lowest BCUT2D eigenvalue weighted by molar-refractivity contribution is 0.0746. The molecule has 0 unspecified atom stereocenters. The van der Waals surface area contributed by atoms with Gasteiger partial charge in [-0.1, -0.05) is 0 Å². The summed E-state index contributed by atoms with van der Waals surface area (Å²) in [5.41, 5.74) is 0.622. The molecule has 4 heterocycles. The molecule has 1 amide bonds. The summed E-state index contributed by atoms with van der Waals surface area (Å²) in [5, 5.41) is 7.34. The molecule has 4 rings (SSSR count). The summed E-state index contributed by atoms with van der Waals surface area (Å²) < 4.78 is 6.78. The van der Waals surface area contributed by atoms with E-state index in [1.54, 1.807) is 41.8 Å². The molecular weight excluding hydrogens is 352 g/mol. The van der Waals surface area contributed by atoms with Gasteiger partial charge in [-0.25, -0.2) is 9.97 Å². The van der Waals surface area contributed by atoms with Crippen molar-refractivity contribution in [3.8, 4) is 0 Å². The normalized spacial score (nSPS) is 15.0. The van der Waals surface area contributed by atoms with Crippen LogP contribution in [0.25, 0.3) is 10.2 Å². The Bertz CT molecular complexity index is 899. The van der Waals surface area contributed by atoms with Gasteiger partial charge in [0.1, 0.15) is 17.0 Å². The number of fused-ring (bicyclic) bond motifs is 1. The van der Waals surface area contributed by atoms with E-state index in [1.165, 1.54) is 0 Å². The molecule has 9 heteroatoms. The number of methoxy groups -OCH3 is 1. The summed E-state index contributed by atoms with van der Waals surface area (Å²) in [4.78, 5) is 26.6. The minimum atomic E-state index is 0.0247. The van der Waals surface area contributed by atoms with Gasteiger partial charge >= 0.3 is 0 Å². The summed E-state index contributed by atoms with van der Waals surface area (Å²) in [7, 11) is 1.65. The number of rotatable bonds is 5. The molecule has 26 heavy (non-hydrogen) atoms. The number of hydrogen-bond donors (Lipinski definition) is 0. The van der Waals surface area contributed by atoms with Gasteiger partial charge < -0.3 is 14.5 Å². The second-order valence-corrected chi connectivity index (χ2v) is 7.00. The Morgan fingerprint density at radius 3 is 2.92 bits per heavy atom. The third-order valence-corrected chi connectivity index (χ3v) is 5.33. The fraction of sp³-hybridized carbons (Fsp3) is 0.412. The van der Waals surface area contributed by atoms with Crippen LogP contribution in [-0.4, -0.2) is 70.5 Å². The zero-order chi connectivity index (χ0) is 17.9. The zero-order valence-electron chi connectivity index (χ0n) is 14.5. The molecule has 8 nitrogen and oxygen atoms in total. The Balaban J connectivity index is 1.41. The lowest BCUT2D eigenvalue weighted by Gasteiger charge is -2.35. The van der Waals surface area contributed by atoms with Gasteiger partial charge in [-0.2, -0.15) is 5.10 Å². The molecule has 1 saturated heterocycles. The Morgan fingerprint density at radius 2 is 2.12 bits per heavy atom. The number of nitrogens with zero attached hydrogens (tertiary/aromatic N) is 6. The van der Waals surface area contributed by atoms with E-state index in [4.69, 9.17) is 4.74 Å². The van der Waals surface area contributed by atoms with Gasteiger partial charge in [-0.3, -0.25) is 9.48 Å². The number of aromatic nitrogens is 4. The van der Waals surface area contributed by atoms with Gasteiger partial charge in [0.25, 0.3) is 5.91 Å². The minimum Gasteiger partial charge on any atom is -0.383 e. The molecule has 3 aromatic rings. The molecule has 0 aliphatic carbocycles. The van der Waals surface area contributed by atoms with Crippen LogP contribution in [0.15, 0.2) is 30.2 Å². The second kappa shape index (κ2) is 7.38. The molecule has 1 aliphatic heterocycles. The zero-order valence-corrected chi connectivity index (χ0v) is 15.4. The van der Waals surface area contributed by atoms with Crippen molar-refractivity contribution in [1.82, 2.24) is 24.6 Å². The SMILES string of the molecule is COCCn1cc(C(=O)N2CCN(c3ncnc4sccc34)CC2)cn1. The summed E-state index contributed by atoms with van der Waals surface area (Å²) in [6.07, 6.45) is 5.02. The maximum atomic E-state index is 12.7. The summed E-state index contributed by atoms with van der Waals surface area (Å²) in [6, 6.07) is 2.06. The topological polar surface area (TPSA) is 76.4 Å². The van der Waals surface area contributed by atoms with E-state index in [0.717, 1.165) is 29.1 Å². The number of piperazine rings is 1. The maximum Gasteiger partial charge on any atom is 0.257 e. The average molecular weight is 372 g/mol. The van der Waals surface area contributed by atoms with Crippen molar-refractivity contribution in [2.45, 2.75) is 6.54 Å². The smallest absolute Gasteiger partial charge is 0.257 e. The summed E-state index contributed by atoms with van der Waals surface area (Å²) in [6.45, 7) is 4.05. The number of carbonyl (C=O) groups excluding carboxylic acids is 1. The monoisotopic (exact) mass is 372 g/mol. The lowest BCUT2D eigenvalue weighted by Crippen LogP contribution is -2.49. The molecule has 0 bridgehead atoms. The first kappa shape index (κ1) is 16.9. The van der Waals surface area contributed by atoms with Crippen molar-refractivity contribution in [3.63, 3.8) is 0 Å². The predicted molar refractivity (Wildman–Crippen MR) is 99.6 cm³/mol. The number of hydrogen-bond acceptors (Lipinski definition) is 7. The van der Waals surface area contributed by atoms with Crippen LogP contribution in [0.4, 0.5) is 5.82 Å². The molecule has 136 valence electrons. The van der Waals surface area contributed by atoms with Crippen LogP contribution in [0, 0.1) is 0 Å². The third kappa shape index (κ3) is 3.27. The van der Waals surface area contributed by atoms with Crippen molar-refractivity contribution >= 4 is 33.3 Å². The van der Waals surface area contributed by atoms with Gasteiger partial charge in [0.2, 0.25) is 0 Å². The van der Waals surface area contributed by atoms with E-state index >= 15 is 0 Å². The quantitative estimate of drug-likeness (QED) is 0.676. The Hall–Kier alpha value is -2.52. The van der Waals surface area contributed by atoms with E-state index in [0.29, 0.717) is 31.8 Å². The Labute approximate surface area is 155 Å². The molecular formula is C17H20N6O2S. The van der Waals surface area contributed by atoms with Gasteiger partial charge in [-0.05, 0) is 11.4 Å². The van der Waals surface area contributed by atoms with Crippen LogP contribution in [0.5, 0.6) is 0 Å². The summed E-state index contributed by atoms with van der Waals surface area (Å²) in [5.74, 6) is 0.979. The molecule has 1 aliphatic rings. The molecule has 0 saturated carbocycles. The van der Waals surface area contributed by atoms with Crippen LogP contribution in [-0.2, 0) is 11.3 Å². The second-order valence-electron chi connectivity index (χ2n) is 6.10. The van der Waals surface area contributed by atoms with E-state index in [1.807, 2.05) is 10.3 Å². The first-order chi connectivity index (χ1) is 12.8. The fourth-order valence-electron chi connectivity index (χ4n) is 3.11. The predicted octanol–water partition coefficient (Wildman–Crippen LogP) is 1.50. The first-order valence-corrected chi connectivity index (χ1v) is 9.38. The van der Waals surface area contributed by atoms with Gasteiger partial charge in [0.15, 0.2) is 0 Å². The molecule has 0 radical (unpaired) electrons. The van der Waals surface area contributed by atoms with Crippen LogP contribution in [0.3, 0.4) is 0 Å². The highest BCUT2D eigenvalue weighted by molar-refractivity contribution is 7.16. The van der Waals surface area contributed by atoms with Crippen LogP contribution < -0.4 is 4.90 Å². The van der Waals surface area contributed by atoms with Crippen LogP contribution in [0.1, 0.15) is 10.4 Å². The van der Waals surface area contributed by atoms with E-state index in [2.05, 4.69) is 26.0 Å². The number of carbonyl (C=O) groups is 1. The van der Waals surface area contributed by atoms with Gasteiger partial charge in [0.05, 0.1) is 30.3 Å². The Morgan fingerprint density at radius 1 is 1.27 bits per heavy atom. The molecule has 1 fully saturated rings. The number of ether oxygens (including phenoxy) is 1. The number of thiophene rings is 1. The van der Waals surface area contributed by atoms with Crippen LogP contribution in [0.2, 0.25) is 0 Å². The number of anilines is 1. The van der Waals surface area contributed by atoms with E-state index < -0.39 is 0 Å². The standard InChI is InChI=1S/C17H20N6O2S/c1-25-8-7-23-11-13(10-20-23)17(24)22-5-3-21(4-6-22)15-14-2-9-26-16(14)19-12-18-15/h2,9-12H,3-8H2,1H3. The van der Waals surface area contributed by atoms with Crippen molar-refractivity contribution in [2.24, 2.45) is 0 Å². The molecule has 0 aromatic carbocycles. The molecule has 0 spiro atoms. The summed E-state index contributed by atoms with van der Waals surface area (Å²) >= 11 is 1.62. The Kier molecular flexibility index (Phi) is 4.81. The minimum absolute atomic E-state index is 0.0247. The van der Waals surface area contributed by atoms with Crippen molar-refractivity contribution in [1.29, 1.82) is 0 Å². The van der Waals surface area contributed by atoms with Gasteiger partial charge in [0, 0.05) is 39.5 Å². The van der Waals surface area contributed by atoms with Crippen molar-refractivity contribution < 1.29 is 9.53 Å².